The van der Waals surface area contributed by atoms with E-state index in [1.807, 2.05) is 36.7 Å². The third-order valence-corrected chi connectivity index (χ3v) is 3.38. The number of hydrogen-bond donors (Lipinski definition) is 1. The highest BCUT2D eigenvalue weighted by atomic mass is 15.0. The summed E-state index contributed by atoms with van der Waals surface area (Å²) in [5.41, 5.74) is 2.88. The molecule has 19 heavy (non-hydrogen) atoms. The number of nitrogens with zero attached hydrogens (tertiary/aromatic N) is 4. The molecule has 0 aliphatic heterocycles. The van der Waals surface area contributed by atoms with E-state index < -0.39 is 0 Å². The normalized spacial score (nSPS) is 12.5. The van der Waals surface area contributed by atoms with E-state index >= 15 is 0 Å². The number of nitriles is 1. The van der Waals surface area contributed by atoms with Crippen LogP contribution < -0.4 is 0 Å². The van der Waals surface area contributed by atoms with Gasteiger partial charge in [0.2, 0.25) is 0 Å². The zero-order valence-corrected chi connectivity index (χ0v) is 10.8. The molecule has 0 aliphatic carbocycles. The quantitative estimate of drug-likeness (QED) is 0.759. The van der Waals surface area contributed by atoms with Crippen LogP contribution in [-0.4, -0.2) is 19.5 Å². The largest absolute Gasteiger partial charge is 0.347 e. The van der Waals surface area contributed by atoms with Crippen LogP contribution in [0.2, 0.25) is 0 Å². The Hall–Kier alpha value is -2.61. The maximum atomic E-state index is 9.35. The fraction of sp³-hybridized carbons (Fsp3) is 0.214. The van der Waals surface area contributed by atoms with E-state index in [0.717, 1.165) is 22.4 Å². The molecule has 1 atom stereocenters. The SMILES string of the molecule is Cc1nc2cc(C(C#N)c3ncc[nH]3)ccc2n1C. The summed E-state index contributed by atoms with van der Waals surface area (Å²) in [6, 6.07) is 8.19. The number of benzene rings is 1. The highest BCUT2D eigenvalue weighted by Gasteiger charge is 2.17. The van der Waals surface area contributed by atoms with E-state index in [0.29, 0.717) is 5.82 Å². The molecule has 0 amide bonds. The summed E-state index contributed by atoms with van der Waals surface area (Å²) in [6.45, 7) is 1.97. The average molecular weight is 251 g/mol. The van der Waals surface area contributed by atoms with Gasteiger partial charge in [0.25, 0.3) is 0 Å². The second-order valence-electron chi connectivity index (χ2n) is 4.50. The molecule has 0 spiro atoms. The first-order valence-corrected chi connectivity index (χ1v) is 6.02. The van der Waals surface area contributed by atoms with Gasteiger partial charge in [-0.15, -0.1) is 0 Å². The molecule has 2 aromatic heterocycles. The number of aromatic nitrogens is 4. The molecule has 5 heteroatoms. The van der Waals surface area contributed by atoms with Crippen LogP contribution in [0.25, 0.3) is 11.0 Å². The summed E-state index contributed by atoms with van der Waals surface area (Å²) in [5, 5.41) is 9.35. The van der Waals surface area contributed by atoms with Gasteiger partial charge < -0.3 is 9.55 Å². The van der Waals surface area contributed by atoms with E-state index in [-0.39, 0.29) is 5.92 Å². The maximum Gasteiger partial charge on any atom is 0.129 e. The van der Waals surface area contributed by atoms with Gasteiger partial charge in [0.1, 0.15) is 17.6 Å². The molecule has 3 aromatic rings. The van der Waals surface area contributed by atoms with E-state index in [9.17, 15) is 5.26 Å². The average Bonchev–Trinajstić information content (AvgIpc) is 3.01. The van der Waals surface area contributed by atoms with Gasteiger partial charge in [0, 0.05) is 19.4 Å². The number of nitrogens with one attached hydrogen (secondary N) is 1. The highest BCUT2D eigenvalue weighted by molar-refractivity contribution is 5.77. The lowest BCUT2D eigenvalue weighted by Gasteiger charge is -2.06. The van der Waals surface area contributed by atoms with Crippen molar-refractivity contribution in [2.24, 2.45) is 7.05 Å². The molecule has 1 aromatic carbocycles. The number of hydrogen-bond acceptors (Lipinski definition) is 3. The predicted molar refractivity (Wildman–Crippen MR) is 71.5 cm³/mol. The molecule has 1 N–H and O–H groups in total. The van der Waals surface area contributed by atoms with Crippen molar-refractivity contribution >= 4 is 11.0 Å². The van der Waals surface area contributed by atoms with E-state index in [1.54, 1.807) is 12.4 Å². The first kappa shape index (κ1) is 11.5. The topological polar surface area (TPSA) is 70.3 Å². The van der Waals surface area contributed by atoms with E-state index in [2.05, 4.69) is 21.0 Å². The predicted octanol–water partition coefficient (Wildman–Crippen LogP) is 2.26. The fourth-order valence-corrected chi connectivity index (χ4v) is 2.25. The van der Waals surface area contributed by atoms with Crippen molar-refractivity contribution in [1.29, 1.82) is 5.26 Å². The molecular formula is C14H13N5. The third-order valence-electron chi connectivity index (χ3n) is 3.38. The van der Waals surface area contributed by atoms with Crippen molar-refractivity contribution in [2.75, 3.05) is 0 Å². The molecule has 0 radical (unpaired) electrons. The minimum absolute atomic E-state index is 0.387. The van der Waals surface area contributed by atoms with E-state index in [4.69, 9.17) is 0 Å². The van der Waals surface area contributed by atoms with Crippen LogP contribution in [0.5, 0.6) is 0 Å². The molecule has 0 saturated carbocycles. The number of imidazole rings is 2. The first-order chi connectivity index (χ1) is 9.20. The summed E-state index contributed by atoms with van der Waals surface area (Å²) in [4.78, 5) is 11.6. The minimum Gasteiger partial charge on any atom is -0.347 e. The summed E-state index contributed by atoms with van der Waals surface area (Å²) < 4.78 is 2.04. The Kier molecular flexibility index (Phi) is 2.57. The second kappa shape index (κ2) is 4.25. The zero-order valence-electron chi connectivity index (χ0n) is 10.8. The Morgan fingerprint density at radius 1 is 1.42 bits per heavy atom. The van der Waals surface area contributed by atoms with Crippen LogP contribution in [0, 0.1) is 18.3 Å². The number of aryl methyl sites for hydroxylation is 2. The molecule has 5 nitrogen and oxygen atoms in total. The summed E-state index contributed by atoms with van der Waals surface area (Å²) in [6.07, 6.45) is 3.38. The molecule has 2 heterocycles. The maximum absolute atomic E-state index is 9.35. The number of fused-ring (bicyclic) bond motifs is 1. The van der Waals surface area contributed by atoms with Crippen LogP contribution in [0.15, 0.2) is 30.6 Å². The van der Waals surface area contributed by atoms with Crippen LogP contribution in [0.3, 0.4) is 0 Å². The van der Waals surface area contributed by atoms with Crippen molar-refractivity contribution in [2.45, 2.75) is 12.8 Å². The van der Waals surface area contributed by atoms with Crippen molar-refractivity contribution < 1.29 is 0 Å². The van der Waals surface area contributed by atoms with Crippen molar-refractivity contribution in [3.63, 3.8) is 0 Å². The molecule has 0 aliphatic rings. The van der Waals surface area contributed by atoms with Gasteiger partial charge in [-0.1, -0.05) is 6.07 Å². The lowest BCUT2D eigenvalue weighted by atomic mass is 9.99. The Morgan fingerprint density at radius 3 is 2.95 bits per heavy atom. The molecule has 3 rings (SSSR count). The second-order valence-corrected chi connectivity index (χ2v) is 4.50. The fourth-order valence-electron chi connectivity index (χ4n) is 2.25. The smallest absolute Gasteiger partial charge is 0.129 e. The zero-order chi connectivity index (χ0) is 13.4. The van der Waals surface area contributed by atoms with Crippen LogP contribution in [0.1, 0.15) is 23.1 Å². The van der Waals surface area contributed by atoms with Gasteiger partial charge >= 0.3 is 0 Å². The Balaban J connectivity index is 2.13. The van der Waals surface area contributed by atoms with Gasteiger partial charge in [0.05, 0.1) is 17.1 Å². The summed E-state index contributed by atoms with van der Waals surface area (Å²) >= 11 is 0. The number of aromatic amines is 1. The van der Waals surface area contributed by atoms with Gasteiger partial charge in [-0.3, -0.25) is 0 Å². The van der Waals surface area contributed by atoms with Crippen LogP contribution in [-0.2, 0) is 7.05 Å². The Labute approximate surface area is 110 Å². The van der Waals surface area contributed by atoms with Gasteiger partial charge in [0.15, 0.2) is 0 Å². The molecule has 94 valence electrons. The van der Waals surface area contributed by atoms with Crippen LogP contribution >= 0.6 is 0 Å². The van der Waals surface area contributed by atoms with Crippen molar-refractivity contribution in [3.8, 4) is 6.07 Å². The Morgan fingerprint density at radius 2 is 2.26 bits per heavy atom. The first-order valence-electron chi connectivity index (χ1n) is 6.02. The molecule has 0 saturated heterocycles. The van der Waals surface area contributed by atoms with E-state index in [1.165, 1.54) is 0 Å². The van der Waals surface area contributed by atoms with Crippen molar-refractivity contribution in [1.82, 2.24) is 19.5 Å². The number of H-pyrrole nitrogens is 1. The monoisotopic (exact) mass is 251 g/mol. The highest BCUT2D eigenvalue weighted by Crippen LogP contribution is 2.25. The molecule has 0 bridgehead atoms. The lowest BCUT2D eigenvalue weighted by molar-refractivity contribution is 0.885. The summed E-state index contributed by atoms with van der Waals surface area (Å²) in [5.74, 6) is 1.23. The summed E-state index contributed by atoms with van der Waals surface area (Å²) in [7, 11) is 1.98. The van der Waals surface area contributed by atoms with Crippen molar-refractivity contribution in [3.05, 3.63) is 47.8 Å². The van der Waals surface area contributed by atoms with Crippen LogP contribution in [0.4, 0.5) is 0 Å². The third kappa shape index (κ3) is 1.78. The number of rotatable bonds is 2. The molecule has 1 unspecified atom stereocenters. The van der Waals surface area contributed by atoms with Gasteiger partial charge in [-0.25, -0.2) is 9.97 Å². The Bertz CT molecular complexity index is 761. The molecular weight excluding hydrogens is 238 g/mol. The standard InChI is InChI=1S/C14H13N5/c1-9-18-12-7-10(3-4-13(12)19(9)2)11(8-15)14-16-5-6-17-14/h3-7,11H,1-2H3,(H,16,17). The molecule has 0 fully saturated rings. The van der Waals surface area contributed by atoms with Gasteiger partial charge in [-0.2, -0.15) is 5.26 Å². The minimum atomic E-state index is -0.387. The lowest BCUT2D eigenvalue weighted by Crippen LogP contribution is -2.00. The van der Waals surface area contributed by atoms with Gasteiger partial charge in [-0.05, 0) is 24.6 Å².